The van der Waals surface area contributed by atoms with Crippen molar-refractivity contribution in [3.8, 4) is 0 Å². The molecule has 36 heavy (non-hydrogen) atoms. The summed E-state index contributed by atoms with van der Waals surface area (Å²) in [5, 5.41) is 1.83. The van der Waals surface area contributed by atoms with E-state index in [2.05, 4.69) is 60.7 Å². The van der Waals surface area contributed by atoms with Gasteiger partial charge in [-0.15, -0.1) is 0 Å². The summed E-state index contributed by atoms with van der Waals surface area (Å²) in [4.78, 5) is 20.6. The molecular weight excluding hydrogens is 442 g/mol. The van der Waals surface area contributed by atoms with Gasteiger partial charge in [0, 0.05) is 11.5 Å². The molecule has 6 rings (SSSR count). The minimum atomic E-state index is -0.457. The van der Waals surface area contributed by atoms with Crippen LogP contribution in [-0.2, 0) is 4.84 Å². The molecule has 0 unspecified atom stereocenters. The van der Waals surface area contributed by atoms with Crippen LogP contribution in [0.25, 0.3) is 5.57 Å². The van der Waals surface area contributed by atoms with Crippen molar-refractivity contribution in [3.63, 3.8) is 0 Å². The van der Waals surface area contributed by atoms with Crippen LogP contribution < -0.4 is 5.06 Å². The Labute approximate surface area is 211 Å². The number of Topliss-reactive ketones (excluding diaryl/α,β-unsaturated/α-hetero) is 1. The minimum absolute atomic E-state index is 0.0678. The molecule has 0 N–H and O–H groups in total. The number of carbonyl (C=O) groups is 1. The highest BCUT2D eigenvalue weighted by Gasteiger charge is 2.50. The van der Waals surface area contributed by atoms with E-state index in [1.807, 2.05) is 78.7 Å². The van der Waals surface area contributed by atoms with E-state index in [9.17, 15) is 4.79 Å². The van der Waals surface area contributed by atoms with Gasteiger partial charge in [-0.1, -0.05) is 121 Å². The van der Waals surface area contributed by atoms with Crippen molar-refractivity contribution in [2.75, 3.05) is 5.06 Å². The van der Waals surface area contributed by atoms with Crippen molar-refractivity contribution >= 4 is 17.0 Å². The van der Waals surface area contributed by atoms with Crippen LogP contribution in [-0.4, -0.2) is 17.9 Å². The smallest absolute Gasteiger partial charge is 0.188 e. The molecule has 4 aromatic rings. The molecule has 3 atom stereocenters. The van der Waals surface area contributed by atoms with Crippen LogP contribution in [0.15, 0.2) is 133 Å². The highest BCUT2D eigenvalue weighted by atomic mass is 16.7. The summed E-state index contributed by atoms with van der Waals surface area (Å²) < 4.78 is 0. The van der Waals surface area contributed by atoms with Gasteiger partial charge in [-0.25, -0.2) is 5.06 Å². The molecule has 0 bridgehead atoms. The lowest BCUT2D eigenvalue weighted by Gasteiger charge is -2.25. The highest BCUT2D eigenvalue weighted by molar-refractivity contribution is 6.03. The highest BCUT2D eigenvalue weighted by Crippen LogP contribution is 2.45. The monoisotopic (exact) mass is 469 g/mol. The predicted molar refractivity (Wildman–Crippen MR) is 145 cm³/mol. The lowest BCUT2D eigenvalue weighted by molar-refractivity contribution is 0.0876. The van der Waals surface area contributed by atoms with Crippen molar-refractivity contribution in [3.05, 3.63) is 155 Å². The zero-order chi connectivity index (χ0) is 24.5. The zero-order valence-corrected chi connectivity index (χ0v) is 20.1. The molecule has 0 aromatic heterocycles. The summed E-state index contributed by atoms with van der Waals surface area (Å²) >= 11 is 0. The van der Waals surface area contributed by atoms with Crippen molar-refractivity contribution in [2.24, 2.45) is 5.92 Å². The molecule has 176 valence electrons. The van der Waals surface area contributed by atoms with Gasteiger partial charge in [-0.3, -0.25) is 9.63 Å². The van der Waals surface area contributed by atoms with Crippen LogP contribution in [0.2, 0.25) is 0 Å². The number of nitrogens with zero attached hydrogens (tertiary/aromatic N) is 1. The average Bonchev–Trinajstić information content (AvgIpc) is 3.51. The second kappa shape index (κ2) is 9.44. The second-order valence-corrected chi connectivity index (χ2v) is 9.36. The molecule has 0 saturated carbocycles. The summed E-state index contributed by atoms with van der Waals surface area (Å²) in [5.41, 5.74) is 7.21. The molecule has 4 aromatic carbocycles. The first kappa shape index (κ1) is 22.3. The van der Waals surface area contributed by atoms with E-state index < -0.39 is 6.04 Å². The first-order valence-corrected chi connectivity index (χ1v) is 12.4. The maximum absolute atomic E-state index is 13.9. The first-order chi connectivity index (χ1) is 17.7. The summed E-state index contributed by atoms with van der Waals surface area (Å²) in [5.74, 6) is -0.0327. The van der Waals surface area contributed by atoms with E-state index in [0.29, 0.717) is 5.56 Å². The summed E-state index contributed by atoms with van der Waals surface area (Å²) in [7, 11) is 0. The molecule has 1 fully saturated rings. The summed E-state index contributed by atoms with van der Waals surface area (Å²) in [6.07, 6.45) is 4.05. The number of hydrogen-bond acceptors (Lipinski definition) is 3. The molecule has 1 saturated heterocycles. The fourth-order valence-electron chi connectivity index (χ4n) is 5.26. The van der Waals surface area contributed by atoms with Crippen LogP contribution in [0.4, 0.5) is 5.69 Å². The first-order valence-electron chi connectivity index (χ1n) is 12.4. The van der Waals surface area contributed by atoms with Crippen molar-refractivity contribution in [1.82, 2.24) is 0 Å². The Bertz CT molecular complexity index is 1380. The quantitative estimate of drug-likeness (QED) is 0.293. The third kappa shape index (κ3) is 3.98. The minimum Gasteiger partial charge on any atom is -0.292 e. The summed E-state index contributed by atoms with van der Waals surface area (Å²) in [6, 6.07) is 38.1. The third-order valence-electron chi connectivity index (χ3n) is 7.03. The largest absolute Gasteiger partial charge is 0.292 e. The van der Waals surface area contributed by atoms with E-state index >= 15 is 0 Å². The molecular formula is C33H27NO2. The number of aryl methyl sites for hydroxylation is 1. The van der Waals surface area contributed by atoms with Gasteiger partial charge >= 0.3 is 0 Å². The molecule has 3 heteroatoms. The maximum atomic E-state index is 13.9. The fraction of sp³-hybridized carbons (Fsp3) is 0.121. The van der Waals surface area contributed by atoms with E-state index in [1.165, 1.54) is 0 Å². The van der Waals surface area contributed by atoms with Crippen LogP contribution in [0.3, 0.4) is 0 Å². The molecule has 0 amide bonds. The van der Waals surface area contributed by atoms with Gasteiger partial charge in [-0.05, 0) is 41.3 Å². The number of para-hydroxylation sites is 1. The summed E-state index contributed by atoms with van der Waals surface area (Å²) in [6.45, 7) is 2.03. The Morgan fingerprint density at radius 1 is 0.694 bits per heavy atom. The normalized spacial score (nSPS) is 20.4. The van der Waals surface area contributed by atoms with Crippen LogP contribution in [0, 0.1) is 12.8 Å². The second-order valence-electron chi connectivity index (χ2n) is 9.36. The molecule has 3 nitrogen and oxygen atoms in total. The Balaban J connectivity index is 1.48. The number of carbonyl (C=O) groups excluding carboxylic acids is 1. The van der Waals surface area contributed by atoms with E-state index in [-0.39, 0.29) is 17.8 Å². The van der Waals surface area contributed by atoms with Crippen molar-refractivity contribution in [2.45, 2.75) is 19.1 Å². The van der Waals surface area contributed by atoms with Crippen LogP contribution >= 0.6 is 0 Å². The van der Waals surface area contributed by atoms with Gasteiger partial charge in [0.25, 0.3) is 0 Å². The molecule has 0 radical (unpaired) electrons. The van der Waals surface area contributed by atoms with Gasteiger partial charge in [0.15, 0.2) is 5.78 Å². The van der Waals surface area contributed by atoms with Gasteiger partial charge in [0.2, 0.25) is 0 Å². The molecule has 1 aliphatic heterocycles. The lowest BCUT2D eigenvalue weighted by atomic mass is 9.86. The van der Waals surface area contributed by atoms with E-state index in [4.69, 9.17) is 4.84 Å². The van der Waals surface area contributed by atoms with Gasteiger partial charge in [-0.2, -0.15) is 0 Å². The maximum Gasteiger partial charge on any atom is 0.188 e. The van der Waals surface area contributed by atoms with Gasteiger partial charge in [0.1, 0.15) is 12.1 Å². The Hall–Kier alpha value is -4.21. The Kier molecular flexibility index (Phi) is 5.84. The molecule has 2 aliphatic rings. The number of hydroxylamine groups is 1. The Morgan fingerprint density at radius 2 is 1.25 bits per heavy atom. The number of hydrogen-bond donors (Lipinski definition) is 0. The predicted octanol–water partition coefficient (Wildman–Crippen LogP) is 7.05. The number of rotatable bonds is 5. The molecule has 0 spiro atoms. The van der Waals surface area contributed by atoms with Crippen molar-refractivity contribution in [1.29, 1.82) is 0 Å². The molecule has 1 heterocycles. The topological polar surface area (TPSA) is 29.5 Å². The zero-order valence-electron chi connectivity index (χ0n) is 20.1. The van der Waals surface area contributed by atoms with Crippen molar-refractivity contribution < 1.29 is 9.63 Å². The Morgan fingerprint density at radius 3 is 1.83 bits per heavy atom. The number of anilines is 1. The fourth-order valence-corrected chi connectivity index (χ4v) is 5.26. The van der Waals surface area contributed by atoms with E-state index in [1.54, 1.807) is 0 Å². The van der Waals surface area contributed by atoms with Gasteiger partial charge < -0.3 is 0 Å². The molecule has 1 aliphatic carbocycles. The number of benzene rings is 4. The average molecular weight is 470 g/mol. The van der Waals surface area contributed by atoms with Crippen LogP contribution in [0.5, 0.6) is 0 Å². The van der Waals surface area contributed by atoms with E-state index in [0.717, 1.165) is 33.5 Å². The van der Waals surface area contributed by atoms with Gasteiger partial charge in [0.05, 0.1) is 5.69 Å². The standard InChI is InChI=1S/C33H27NO2/c1-23-17-19-26(20-18-23)32(35)31-29-22-21-28(33(29)36-34(31)27-15-9-4-10-16-27)30(24-11-5-2-6-12-24)25-13-7-3-8-14-25/h2-22,29,31,33H,1H3/t29-,31+,33-/m0/s1. The lowest BCUT2D eigenvalue weighted by Crippen LogP contribution is -2.39. The SMILES string of the molecule is Cc1ccc(C(=O)[C@H]2[C@@H]3C=CC(=C(c4ccccc4)c4ccccc4)[C@@H]3ON2c2ccccc2)cc1. The van der Waals surface area contributed by atoms with Crippen LogP contribution in [0.1, 0.15) is 27.0 Å². The number of fused-ring (bicyclic) bond motifs is 1. The third-order valence-corrected chi connectivity index (χ3v) is 7.03. The number of ketones is 1.